The molecule has 0 spiro atoms. The van der Waals surface area contributed by atoms with Gasteiger partial charge in [-0.3, -0.25) is 19.5 Å². The number of nitrogens with two attached hydrogens (primary N) is 1. The van der Waals surface area contributed by atoms with Gasteiger partial charge < -0.3 is 16.0 Å². The summed E-state index contributed by atoms with van der Waals surface area (Å²) in [5.41, 5.74) is 6.03. The number of H-pyrrole nitrogens is 1. The molecule has 0 fully saturated rings. The smallest absolute Gasteiger partial charge is 0.274 e. The van der Waals surface area contributed by atoms with Gasteiger partial charge in [-0.2, -0.15) is 5.10 Å². The fourth-order valence-electron chi connectivity index (χ4n) is 2.27. The van der Waals surface area contributed by atoms with E-state index in [9.17, 15) is 18.8 Å². The van der Waals surface area contributed by atoms with Crippen LogP contribution in [0.4, 0.5) is 15.1 Å². The van der Waals surface area contributed by atoms with Crippen molar-refractivity contribution < 1.29 is 18.8 Å². The lowest BCUT2D eigenvalue weighted by atomic mass is 10.2. The number of hydrogen-bond donors (Lipinski definition) is 3. The first-order valence-electron chi connectivity index (χ1n) is 7.65. The van der Waals surface area contributed by atoms with Crippen molar-refractivity contribution in [2.75, 3.05) is 17.3 Å². The van der Waals surface area contributed by atoms with Gasteiger partial charge in [0.25, 0.3) is 17.7 Å². The number of benzene rings is 1. The molecule has 3 aromatic rings. The number of aromatic amines is 1. The number of halogens is 1. The summed E-state index contributed by atoms with van der Waals surface area (Å²) in [5, 5.41) is 8.87. The maximum Gasteiger partial charge on any atom is 0.274 e. The van der Waals surface area contributed by atoms with Gasteiger partial charge in [0.15, 0.2) is 0 Å². The first-order chi connectivity index (χ1) is 12.9. The van der Waals surface area contributed by atoms with Crippen LogP contribution in [0.3, 0.4) is 0 Å². The molecule has 0 aliphatic rings. The number of nitrogens with zero attached hydrogens (tertiary/aromatic N) is 2. The average Bonchev–Trinajstić information content (AvgIpc) is 3.31. The van der Waals surface area contributed by atoms with Gasteiger partial charge >= 0.3 is 0 Å². The molecule has 2 aromatic heterocycles. The first kappa shape index (κ1) is 18.3. The van der Waals surface area contributed by atoms with Gasteiger partial charge in [-0.1, -0.05) is 0 Å². The first-order valence-corrected chi connectivity index (χ1v) is 8.46. The molecule has 138 valence electrons. The molecule has 8 nitrogen and oxygen atoms in total. The molecule has 0 saturated carbocycles. The van der Waals surface area contributed by atoms with E-state index in [1.54, 1.807) is 0 Å². The molecular formula is C17H14FN5O3S. The van der Waals surface area contributed by atoms with Gasteiger partial charge in [0.1, 0.15) is 16.5 Å². The minimum atomic E-state index is -0.783. The Morgan fingerprint density at radius 1 is 1.22 bits per heavy atom. The van der Waals surface area contributed by atoms with E-state index in [2.05, 4.69) is 15.5 Å². The van der Waals surface area contributed by atoms with Crippen LogP contribution in [0, 0.1) is 5.82 Å². The number of thiophene rings is 1. The molecule has 0 saturated heterocycles. The van der Waals surface area contributed by atoms with Crippen LogP contribution in [0.15, 0.2) is 42.6 Å². The molecule has 27 heavy (non-hydrogen) atoms. The van der Waals surface area contributed by atoms with Crippen LogP contribution in [0.2, 0.25) is 0 Å². The van der Waals surface area contributed by atoms with Gasteiger partial charge in [-0.25, -0.2) is 4.39 Å². The highest BCUT2D eigenvalue weighted by atomic mass is 32.1. The predicted octanol–water partition coefficient (Wildman–Crippen LogP) is 2.24. The summed E-state index contributed by atoms with van der Waals surface area (Å²) in [7, 11) is 1.52. The van der Waals surface area contributed by atoms with Crippen molar-refractivity contribution in [3.63, 3.8) is 0 Å². The van der Waals surface area contributed by atoms with Gasteiger partial charge in [-0.15, -0.1) is 11.3 Å². The van der Waals surface area contributed by atoms with E-state index >= 15 is 0 Å². The lowest BCUT2D eigenvalue weighted by Crippen LogP contribution is -2.25. The maximum atomic E-state index is 13.1. The summed E-state index contributed by atoms with van der Waals surface area (Å²) in [6.07, 6.45) is 1.41. The van der Waals surface area contributed by atoms with Gasteiger partial charge in [0.05, 0.1) is 10.4 Å². The monoisotopic (exact) mass is 387 g/mol. The standard InChI is InChI=1S/C17H14FN5O3S/c1-23(10-4-2-9(18)3-5-10)17(26)13-8-11(14(19)24)16(27-13)21-15(25)12-6-7-20-22-12/h2-8H,1H3,(H2,19,24)(H,20,22)(H,21,25). The van der Waals surface area contributed by atoms with Crippen molar-refractivity contribution in [2.45, 2.75) is 0 Å². The fourth-order valence-corrected chi connectivity index (χ4v) is 3.31. The van der Waals surface area contributed by atoms with Crippen molar-refractivity contribution in [1.29, 1.82) is 0 Å². The van der Waals surface area contributed by atoms with Crippen LogP contribution in [-0.2, 0) is 0 Å². The Labute approximate surface area is 156 Å². The second-order valence-electron chi connectivity index (χ2n) is 5.48. The van der Waals surface area contributed by atoms with E-state index < -0.39 is 23.5 Å². The summed E-state index contributed by atoms with van der Waals surface area (Å²) in [6, 6.07) is 8.16. The number of nitrogens with one attached hydrogen (secondary N) is 2. The van der Waals surface area contributed by atoms with Crippen molar-refractivity contribution in [2.24, 2.45) is 5.73 Å². The molecule has 0 unspecified atom stereocenters. The van der Waals surface area contributed by atoms with Gasteiger partial charge in [0, 0.05) is 18.9 Å². The Kier molecular flexibility index (Phi) is 4.99. The highest BCUT2D eigenvalue weighted by Crippen LogP contribution is 2.30. The van der Waals surface area contributed by atoms with Crippen molar-refractivity contribution in [1.82, 2.24) is 10.2 Å². The molecule has 0 aliphatic carbocycles. The van der Waals surface area contributed by atoms with Crippen LogP contribution in [0.25, 0.3) is 0 Å². The number of carbonyl (C=O) groups is 3. The van der Waals surface area contributed by atoms with Gasteiger partial charge in [-0.05, 0) is 36.4 Å². The van der Waals surface area contributed by atoms with Crippen molar-refractivity contribution in [3.05, 3.63) is 64.5 Å². The Bertz CT molecular complexity index is 998. The van der Waals surface area contributed by atoms with Crippen LogP contribution < -0.4 is 16.0 Å². The number of hydrogen-bond acceptors (Lipinski definition) is 5. The number of aromatic nitrogens is 2. The summed E-state index contributed by atoms with van der Waals surface area (Å²) >= 11 is 0.915. The Hall–Kier alpha value is -3.53. The van der Waals surface area contributed by atoms with Crippen LogP contribution >= 0.6 is 11.3 Å². The van der Waals surface area contributed by atoms with Gasteiger partial charge in [0.2, 0.25) is 0 Å². The molecule has 3 rings (SSSR count). The van der Waals surface area contributed by atoms with Crippen LogP contribution in [0.1, 0.15) is 30.5 Å². The zero-order valence-corrected chi connectivity index (χ0v) is 14.8. The highest BCUT2D eigenvalue weighted by Gasteiger charge is 2.23. The number of amides is 3. The van der Waals surface area contributed by atoms with Crippen molar-refractivity contribution in [3.8, 4) is 0 Å². The van der Waals surface area contributed by atoms with Crippen LogP contribution in [0.5, 0.6) is 0 Å². The zero-order chi connectivity index (χ0) is 19.6. The van der Waals surface area contributed by atoms with E-state index in [1.807, 2.05) is 0 Å². The minimum Gasteiger partial charge on any atom is -0.366 e. The SMILES string of the molecule is CN(C(=O)c1cc(C(N)=O)c(NC(=O)c2ccn[nH]2)s1)c1ccc(F)cc1. The maximum absolute atomic E-state index is 13.1. The average molecular weight is 387 g/mol. The quantitative estimate of drug-likeness (QED) is 0.621. The molecule has 2 heterocycles. The minimum absolute atomic E-state index is 0.0173. The second-order valence-corrected chi connectivity index (χ2v) is 6.53. The number of primary amides is 1. The molecule has 0 atom stereocenters. The lowest BCUT2D eigenvalue weighted by Gasteiger charge is -2.16. The molecule has 0 bridgehead atoms. The Morgan fingerprint density at radius 2 is 1.93 bits per heavy atom. The van der Waals surface area contributed by atoms with Crippen molar-refractivity contribution >= 4 is 39.7 Å². The van der Waals surface area contributed by atoms with E-state index in [-0.39, 0.29) is 21.1 Å². The molecule has 10 heteroatoms. The Balaban J connectivity index is 1.87. The molecule has 0 radical (unpaired) electrons. The summed E-state index contributed by atoms with van der Waals surface area (Å²) in [6.45, 7) is 0. The third-order valence-electron chi connectivity index (χ3n) is 3.70. The third-order valence-corrected chi connectivity index (χ3v) is 4.74. The summed E-state index contributed by atoms with van der Waals surface area (Å²) in [4.78, 5) is 38.0. The van der Waals surface area contributed by atoms with E-state index in [0.29, 0.717) is 5.69 Å². The van der Waals surface area contributed by atoms with E-state index in [1.165, 1.54) is 54.5 Å². The molecule has 4 N–H and O–H groups in total. The topological polar surface area (TPSA) is 121 Å². The summed E-state index contributed by atoms with van der Waals surface area (Å²) < 4.78 is 13.1. The fraction of sp³-hybridized carbons (Fsp3) is 0.0588. The largest absolute Gasteiger partial charge is 0.366 e. The summed E-state index contributed by atoms with van der Waals surface area (Å²) in [5.74, 6) is -2.16. The van der Waals surface area contributed by atoms with E-state index in [0.717, 1.165) is 11.3 Å². The van der Waals surface area contributed by atoms with E-state index in [4.69, 9.17) is 5.73 Å². The predicted molar refractivity (Wildman–Crippen MR) is 98.5 cm³/mol. The molecule has 3 amide bonds. The number of rotatable bonds is 5. The van der Waals surface area contributed by atoms with Crippen LogP contribution in [-0.4, -0.2) is 35.0 Å². The molecular weight excluding hydrogens is 373 g/mol. The Morgan fingerprint density at radius 3 is 2.52 bits per heavy atom. The molecule has 0 aliphatic heterocycles. The lowest BCUT2D eigenvalue weighted by molar-refractivity contribution is 0.0993. The highest BCUT2D eigenvalue weighted by molar-refractivity contribution is 7.18. The third kappa shape index (κ3) is 3.85. The number of anilines is 2. The second kappa shape index (κ2) is 7.38. The number of carbonyl (C=O) groups excluding carboxylic acids is 3. The molecule has 1 aromatic carbocycles. The normalized spacial score (nSPS) is 10.4. The zero-order valence-electron chi connectivity index (χ0n) is 14.0.